The molecular weight excluding hydrogens is 370 g/mol. The van der Waals surface area contributed by atoms with E-state index in [2.05, 4.69) is 5.32 Å². The van der Waals surface area contributed by atoms with Gasteiger partial charge in [-0.1, -0.05) is 6.42 Å². The van der Waals surface area contributed by atoms with E-state index in [1.807, 2.05) is 0 Å². The number of anilines is 1. The van der Waals surface area contributed by atoms with E-state index < -0.39 is 32.5 Å². The number of nitrogens with zero attached hydrogens (tertiary/aromatic N) is 2. The molecule has 144 valence electrons. The predicted molar refractivity (Wildman–Crippen MR) is 96.7 cm³/mol. The number of benzene rings is 1. The summed E-state index contributed by atoms with van der Waals surface area (Å²) in [4.78, 5) is 25.7. The van der Waals surface area contributed by atoms with Crippen molar-refractivity contribution in [3.05, 3.63) is 24.3 Å². The smallest absolute Gasteiger partial charge is 0.321 e. The zero-order chi connectivity index (χ0) is 19.8. The van der Waals surface area contributed by atoms with Crippen LogP contribution in [-0.2, 0) is 14.6 Å². The van der Waals surface area contributed by atoms with Gasteiger partial charge in [-0.2, -0.15) is 5.26 Å². The number of likely N-dealkylation sites (tertiary alicyclic amines) is 1. The van der Waals surface area contributed by atoms with E-state index in [0.717, 1.165) is 12.8 Å². The topological polar surface area (TPSA) is 128 Å². The molecule has 1 aliphatic heterocycles. The second kappa shape index (κ2) is 6.85. The van der Waals surface area contributed by atoms with E-state index in [1.54, 1.807) is 6.07 Å². The van der Waals surface area contributed by atoms with Crippen LogP contribution in [0, 0.1) is 22.7 Å². The second-order valence-electron chi connectivity index (χ2n) is 7.20. The SMILES string of the molecule is CC(C#N)S(=O)(=O)c1ccc(NC(=O)N2C[C@@H]3CCC[C@@]3(C(=O)O)C2)cc1. The minimum atomic E-state index is -3.73. The summed E-state index contributed by atoms with van der Waals surface area (Å²) in [6, 6.07) is 6.91. The zero-order valence-electron chi connectivity index (χ0n) is 14.9. The van der Waals surface area contributed by atoms with Gasteiger partial charge >= 0.3 is 12.0 Å². The molecule has 2 fully saturated rings. The number of amides is 2. The summed E-state index contributed by atoms with van der Waals surface area (Å²) in [7, 11) is -3.73. The lowest BCUT2D eigenvalue weighted by Gasteiger charge is -2.23. The van der Waals surface area contributed by atoms with E-state index in [1.165, 1.54) is 36.1 Å². The van der Waals surface area contributed by atoms with Crippen LogP contribution in [0.2, 0.25) is 0 Å². The number of carboxylic acids is 1. The first-order valence-electron chi connectivity index (χ1n) is 8.73. The maximum atomic E-state index is 12.5. The number of carboxylic acid groups (broad SMARTS) is 1. The van der Waals surface area contributed by atoms with Crippen LogP contribution in [0.5, 0.6) is 0 Å². The number of carbonyl (C=O) groups is 2. The molecule has 0 spiro atoms. The fourth-order valence-electron chi connectivity index (χ4n) is 4.00. The highest BCUT2D eigenvalue weighted by Crippen LogP contribution is 2.48. The number of hydrogen-bond acceptors (Lipinski definition) is 5. The number of urea groups is 1. The van der Waals surface area contributed by atoms with Crippen LogP contribution in [0.4, 0.5) is 10.5 Å². The van der Waals surface area contributed by atoms with Gasteiger partial charge < -0.3 is 15.3 Å². The first kappa shape index (κ1) is 19.2. The third-order valence-electron chi connectivity index (χ3n) is 5.67. The summed E-state index contributed by atoms with van der Waals surface area (Å²) in [5, 5.41) is 19.9. The standard InChI is InChI=1S/C18H21N3O5S/c1-12(9-19)27(25,26)15-6-4-14(5-7-15)20-17(24)21-10-13-3-2-8-18(13,11-21)16(22)23/h4-7,12-13H,2-3,8,10-11H2,1H3,(H,20,24)(H,22,23)/t12?,13-,18+/m0/s1. The molecule has 1 saturated carbocycles. The Morgan fingerprint density at radius 2 is 2.04 bits per heavy atom. The average Bonchev–Trinajstić information content (AvgIpc) is 3.20. The number of fused-ring (bicyclic) bond motifs is 1. The lowest BCUT2D eigenvalue weighted by Crippen LogP contribution is -2.38. The molecule has 3 rings (SSSR count). The van der Waals surface area contributed by atoms with Crippen molar-refractivity contribution in [1.29, 1.82) is 5.26 Å². The van der Waals surface area contributed by atoms with Crippen molar-refractivity contribution >= 4 is 27.5 Å². The summed E-state index contributed by atoms with van der Waals surface area (Å²) in [6.07, 6.45) is 2.25. The van der Waals surface area contributed by atoms with Gasteiger partial charge in [0.1, 0.15) is 5.25 Å². The third kappa shape index (κ3) is 3.25. The fourth-order valence-corrected chi connectivity index (χ4v) is 5.06. The molecule has 1 aliphatic carbocycles. The van der Waals surface area contributed by atoms with E-state index in [4.69, 9.17) is 5.26 Å². The van der Waals surface area contributed by atoms with E-state index >= 15 is 0 Å². The molecular formula is C18H21N3O5S. The fraction of sp³-hybridized carbons (Fsp3) is 0.500. The molecule has 1 unspecified atom stereocenters. The molecule has 3 atom stereocenters. The Kier molecular flexibility index (Phi) is 4.86. The number of hydrogen-bond donors (Lipinski definition) is 2. The van der Waals surface area contributed by atoms with Crippen molar-refractivity contribution in [1.82, 2.24) is 4.90 Å². The molecule has 0 radical (unpaired) electrons. The van der Waals surface area contributed by atoms with Gasteiger partial charge in [0, 0.05) is 18.8 Å². The molecule has 0 bridgehead atoms. The van der Waals surface area contributed by atoms with E-state index in [9.17, 15) is 23.1 Å². The highest BCUT2D eigenvalue weighted by molar-refractivity contribution is 7.92. The van der Waals surface area contributed by atoms with Crippen LogP contribution >= 0.6 is 0 Å². The van der Waals surface area contributed by atoms with Gasteiger partial charge in [-0.05, 0) is 49.9 Å². The summed E-state index contributed by atoms with van der Waals surface area (Å²) >= 11 is 0. The molecule has 8 nitrogen and oxygen atoms in total. The number of aliphatic carboxylic acids is 1. The van der Waals surface area contributed by atoms with Crippen LogP contribution in [0.15, 0.2) is 29.2 Å². The van der Waals surface area contributed by atoms with Crippen molar-refractivity contribution in [2.24, 2.45) is 11.3 Å². The maximum Gasteiger partial charge on any atom is 0.321 e. The highest BCUT2D eigenvalue weighted by Gasteiger charge is 2.55. The lowest BCUT2D eigenvalue weighted by atomic mass is 9.81. The van der Waals surface area contributed by atoms with Gasteiger partial charge in [-0.25, -0.2) is 13.2 Å². The van der Waals surface area contributed by atoms with Crippen LogP contribution in [0.25, 0.3) is 0 Å². The first-order chi connectivity index (χ1) is 12.7. The Morgan fingerprint density at radius 1 is 1.37 bits per heavy atom. The van der Waals surface area contributed by atoms with Crippen LogP contribution in [0.3, 0.4) is 0 Å². The second-order valence-corrected chi connectivity index (χ2v) is 9.47. The monoisotopic (exact) mass is 391 g/mol. The Bertz CT molecular complexity index is 906. The highest BCUT2D eigenvalue weighted by atomic mass is 32.2. The van der Waals surface area contributed by atoms with E-state index in [0.29, 0.717) is 18.7 Å². The Balaban J connectivity index is 1.69. The summed E-state index contributed by atoms with van der Waals surface area (Å²) in [5.74, 6) is -0.873. The van der Waals surface area contributed by atoms with Crippen molar-refractivity contribution in [2.45, 2.75) is 36.3 Å². The van der Waals surface area contributed by atoms with Gasteiger partial charge in [-0.3, -0.25) is 4.79 Å². The van der Waals surface area contributed by atoms with Gasteiger partial charge in [-0.15, -0.1) is 0 Å². The molecule has 1 aromatic rings. The maximum absolute atomic E-state index is 12.5. The van der Waals surface area contributed by atoms with E-state index in [-0.39, 0.29) is 17.4 Å². The Labute approximate surface area is 157 Å². The summed E-state index contributed by atoms with van der Waals surface area (Å²) < 4.78 is 24.3. The molecule has 0 aromatic heterocycles. The van der Waals surface area contributed by atoms with Crippen molar-refractivity contribution in [2.75, 3.05) is 18.4 Å². The van der Waals surface area contributed by atoms with Crippen molar-refractivity contribution < 1.29 is 23.1 Å². The molecule has 9 heteroatoms. The molecule has 2 aliphatic rings. The number of sulfone groups is 1. The first-order valence-corrected chi connectivity index (χ1v) is 10.3. The minimum absolute atomic E-state index is 0.00934. The lowest BCUT2D eigenvalue weighted by molar-refractivity contribution is -0.149. The summed E-state index contributed by atoms with van der Waals surface area (Å²) in [6.45, 7) is 1.91. The molecule has 1 saturated heterocycles. The van der Waals surface area contributed by atoms with Crippen molar-refractivity contribution in [3.63, 3.8) is 0 Å². The average molecular weight is 391 g/mol. The minimum Gasteiger partial charge on any atom is -0.481 e. The zero-order valence-corrected chi connectivity index (χ0v) is 15.7. The van der Waals surface area contributed by atoms with Crippen LogP contribution < -0.4 is 5.32 Å². The molecule has 1 aromatic carbocycles. The van der Waals surface area contributed by atoms with Gasteiger partial charge in [0.05, 0.1) is 16.4 Å². The molecule has 27 heavy (non-hydrogen) atoms. The van der Waals surface area contributed by atoms with Crippen LogP contribution in [0.1, 0.15) is 26.2 Å². The Hall–Kier alpha value is -2.60. The molecule has 2 N–H and O–H groups in total. The number of nitriles is 1. The van der Waals surface area contributed by atoms with Gasteiger partial charge in [0.2, 0.25) is 0 Å². The normalized spacial score (nSPS) is 25.5. The molecule has 1 heterocycles. The van der Waals surface area contributed by atoms with Gasteiger partial charge in [0.15, 0.2) is 9.84 Å². The summed E-state index contributed by atoms with van der Waals surface area (Å²) in [5.41, 5.74) is -0.437. The molecule has 2 amide bonds. The quantitative estimate of drug-likeness (QED) is 0.809. The predicted octanol–water partition coefficient (Wildman–Crippen LogP) is 2.09. The number of rotatable bonds is 4. The largest absolute Gasteiger partial charge is 0.481 e. The number of carbonyl (C=O) groups excluding carboxylic acids is 1. The Morgan fingerprint density at radius 3 is 2.59 bits per heavy atom. The van der Waals surface area contributed by atoms with Crippen LogP contribution in [-0.4, -0.2) is 48.8 Å². The number of nitrogens with one attached hydrogen (secondary N) is 1. The van der Waals surface area contributed by atoms with Gasteiger partial charge in [0.25, 0.3) is 0 Å². The van der Waals surface area contributed by atoms with Crippen molar-refractivity contribution in [3.8, 4) is 6.07 Å². The third-order valence-corrected chi connectivity index (χ3v) is 7.63.